The molecule has 2 heterocycles. The van der Waals surface area contributed by atoms with Crippen LogP contribution in [0.4, 0.5) is 20.6 Å². The van der Waals surface area contributed by atoms with Crippen LogP contribution in [0.25, 0.3) is 0 Å². The molecule has 0 bridgehead atoms. The summed E-state index contributed by atoms with van der Waals surface area (Å²) in [6.07, 6.45) is -1.01. The molecule has 1 N–H and O–H groups in total. The molecule has 2 saturated heterocycles. The third-order valence-corrected chi connectivity index (χ3v) is 7.56. The van der Waals surface area contributed by atoms with Gasteiger partial charge in [0.05, 0.1) is 24.5 Å². The molecule has 2 amide bonds. The number of anilines is 2. The van der Waals surface area contributed by atoms with E-state index in [-0.39, 0.29) is 43.4 Å². The summed E-state index contributed by atoms with van der Waals surface area (Å²) < 4.78 is 20.6. The molecule has 9 heteroatoms. The van der Waals surface area contributed by atoms with E-state index in [1.165, 1.54) is 16.5 Å². The van der Waals surface area contributed by atoms with Gasteiger partial charge in [-0.15, -0.1) is 0 Å². The van der Waals surface area contributed by atoms with E-state index in [4.69, 9.17) is 4.74 Å². The van der Waals surface area contributed by atoms with E-state index in [9.17, 15) is 14.4 Å². The van der Waals surface area contributed by atoms with Crippen molar-refractivity contribution < 1.29 is 23.5 Å². The summed E-state index contributed by atoms with van der Waals surface area (Å²) in [6.45, 7) is 6.23. The number of nitrogens with one attached hydrogen (secondary N) is 1. The van der Waals surface area contributed by atoms with E-state index in [0.29, 0.717) is 30.0 Å². The zero-order chi connectivity index (χ0) is 28.8. The van der Waals surface area contributed by atoms with Gasteiger partial charge in [0.25, 0.3) is 0 Å². The average Bonchev–Trinajstić information content (AvgIpc) is 3.36. The number of amides is 2. The summed E-state index contributed by atoms with van der Waals surface area (Å²) in [4.78, 5) is 42.9. The molecule has 3 aromatic rings. The standard InChI is InChI=1S/C32H35FN4O4/c1-23-7-9-25(10-8-23)30(38)13-14-31(39)34-20-27-22-37(32(40)41-27)26-11-12-29(28(33)19-26)36-17-15-35(16-18-36)21-24-5-3-2-4-6-24/h2-12,19,27H,13-18,20-22H2,1H3,(H,34,39)/t27-/m0/s1. The number of hydrogen-bond acceptors (Lipinski definition) is 6. The number of rotatable bonds is 10. The van der Waals surface area contributed by atoms with Crippen molar-refractivity contribution in [1.29, 1.82) is 0 Å². The van der Waals surface area contributed by atoms with Gasteiger partial charge in [-0.2, -0.15) is 0 Å². The normalized spacial score (nSPS) is 17.4. The number of piperazine rings is 1. The van der Waals surface area contributed by atoms with Crippen LogP contribution in [0.2, 0.25) is 0 Å². The summed E-state index contributed by atoms with van der Waals surface area (Å²) in [5.41, 5.74) is 3.83. The minimum Gasteiger partial charge on any atom is -0.442 e. The third kappa shape index (κ3) is 7.29. The zero-order valence-electron chi connectivity index (χ0n) is 23.2. The molecule has 3 aromatic carbocycles. The minimum atomic E-state index is -0.583. The van der Waals surface area contributed by atoms with Gasteiger partial charge in [-0.25, -0.2) is 9.18 Å². The maximum absolute atomic E-state index is 15.2. The van der Waals surface area contributed by atoms with Crippen LogP contribution in [0, 0.1) is 12.7 Å². The number of carbonyl (C=O) groups is 3. The van der Waals surface area contributed by atoms with Crippen LogP contribution in [0.3, 0.4) is 0 Å². The maximum atomic E-state index is 15.2. The second kappa shape index (κ2) is 13.0. The molecule has 2 aliphatic heterocycles. The molecule has 214 valence electrons. The van der Waals surface area contributed by atoms with E-state index in [1.54, 1.807) is 24.3 Å². The molecule has 41 heavy (non-hydrogen) atoms. The smallest absolute Gasteiger partial charge is 0.414 e. The number of aryl methyl sites for hydroxylation is 1. The fourth-order valence-corrected chi connectivity index (χ4v) is 5.17. The van der Waals surface area contributed by atoms with Gasteiger partial charge in [-0.05, 0) is 30.7 Å². The fourth-order valence-electron chi connectivity index (χ4n) is 5.17. The number of nitrogens with zero attached hydrogens (tertiary/aromatic N) is 3. The van der Waals surface area contributed by atoms with Crippen molar-refractivity contribution in [1.82, 2.24) is 10.2 Å². The second-order valence-electron chi connectivity index (χ2n) is 10.6. The number of benzene rings is 3. The lowest BCUT2D eigenvalue weighted by Crippen LogP contribution is -2.46. The van der Waals surface area contributed by atoms with E-state index in [2.05, 4.69) is 22.3 Å². The average molecular weight is 559 g/mol. The highest BCUT2D eigenvalue weighted by molar-refractivity contribution is 5.98. The zero-order valence-corrected chi connectivity index (χ0v) is 23.2. The van der Waals surface area contributed by atoms with Gasteiger partial charge in [0.2, 0.25) is 5.91 Å². The number of ketones is 1. The predicted molar refractivity (Wildman–Crippen MR) is 156 cm³/mol. The van der Waals surface area contributed by atoms with E-state index < -0.39 is 12.2 Å². The molecular formula is C32H35FN4O4. The summed E-state index contributed by atoms with van der Waals surface area (Å²) in [6, 6.07) is 22.4. The molecule has 2 aliphatic rings. The molecule has 8 nitrogen and oxygen atoms in total. The monoisotopic (exact) mass is 558 g/mol. The number of carbonyl (C=O) groups excluding carboxylic acids is 3. The van der Waals surface area contributed by atoms with Crippen molar-refractivity contribution in [3.8, 4) is 0 Å². The van der Waals surface area contributed by atoms with Crippen LogP contribution in [0.1, 0.15) is 34.3 Å². The van der Waals surface area contributed by atoms with E-state index in [0.717, 1.165) is 25.2 Å². The van der Waals surface area contributed by atoms with Gasteiger partial charge in [0, 0.05) is 51.1 Å². The topological polar surface area (TPSA) is 82.2 Å². The minimum absolute atomic E-state index is 0.0459. The molecule has 5 rings (SSSR count). The van der Waals surface area contributed by atoms with Gasteiger partial charge in [0.1, 0.15) is 11.9 Å². The molecule has 0 radical (unpaired) electrons. The molecule has 1 atom stereocenters. The Labute approximate surface area is 239 Å². The van der Waals surface area contributed by atoms with Crippen LogP contribution in [-0.2, 0) is 16.1 Å². The Kier molecular flexibility index (Phi) is 8.94. The van der Waals surface area contributed by atoms with Crippen molar-refractivity contribution in [2.75, 3.05) is 49.1 Å². The molecule has 0 unspecified atom stereocenters. The SMILES string of the molecule is Cc1ccc(C(=O)CCC(=O)NC[C@H]2CN(c3ccc(N4CCN(Cc5ccccc5)CC4)c(F)c3)C(=O)O2)cc1. The Morgan fingerprint density at radius 1 is 0.951 bits per heavy atom. The second-order valence-corrected chi connectivity index (χ2v) is 10.6. The number of hydrogen-bond donors (Lipinski definition) is 1. The Morgan fingerprint density at radius 2 is 1.68 bits per heavy atom. The quantitative estimate of drug-likeness (QED) is 0.368. The maximum Gasteiger partial charge on any atom is 0.414 e. The molecular weight excluding hydrogens is 523 g/mol. The Morgan fingerprint density at radius 3 is 2.39 bits per heavy atom. The van der Waals surface area contributed by atoms with Gasteiger partial charge in [-0.3, -0.25) is 19.4 Å². The van der Waals surface area contributed by atoms with Crippen molar-refractivity contribution in [2.45, 2.75) is 32.4 Å². The first-order valence-corrected chi connectivity index (χ1v) is 14.0. The van der Waals surface area contributed by atoms with Gasteiger partial charge >= 0.3 is 6.09 Å². The third-order valence-electron chi connectivity index (χ3n) is 7.56. The molecule has 2 fully saturated rings. The van der Waals surface area contributed by atoms with Crippen LogP contribution >= 0.6 is 0 Å². The predicted octanol–water partition coefficient (Wildman–Crippen LogP) is 4.56. The first-order valence-electron chi connectivity index (χ1n) is 14.0. The van der Waals surface area contributed by atoms with Gasteiger partial charge < -0.3 is 15.0 Å². The summed E-state index contributed by atoms with van der Waals surface area (Å²) in [5, 5.41) is 2.74. The summed E-state index contributed by atoms with van der Waals surface area (Å²) in [5.74, 6) is -0.779. The van der Waals surface area contributed by atoms with Crippen LogP contribution in [0.15, 0.2) is 72.8 Å². The highest BCUT2D eigenvalue weighted by Crippen LogP contribution is 2.28. The Balaban J connectivity index is 1.08. The molecule has 0 aromatic heterocycles. The number of Topliss-reactive ketones (excluding diaryl/α,β-unsaturated/α-hetero) is 1. The fraction of sp³-hybridized carbons (Fsp3) is 0.344. The van der Waals surface area contributed by atoms with Crippen LogP contribution in [-0.4, -0.2) is 68.1 Å². The van der Waals surface area contributed by atoms with Crippen molar-refractivity contribution in [3.63, 3.8) is 0 Å². The lowest BCUT2D eigenvalue weighted by Gasteiger charge is -2.36. The largest absolute Gasteiger partial charge is 0.442 e. The van der Waals surface area contributed by atoms with Crippen LogP contribution in [0.5, 0.6) is 0 Å². The van der Waals surface area contributed by atoms with E-state index >= 15 is 4.39 Å². The van der Waals surface area contributed by atoms with Gasteiger partial charge in [-0.1, -0.05) is 60.2 Å². The summed E-state index contributed by atoms with van der Waals surface area (Å²) in [7, 11) is 0. The Hall–Kier alpha value is -4.24. The van der Waals surface area contributed by atoms with Crippen LogP contribution < -0.4 is 15.1 Å². The lowest BCUT2D eigenvalue weighted by atomic mass is 10.0. The molecule has 0 saturated carbocycles. The lowest BCUT2D eigenvalue weighted by molar-refractivity contribution is -0.121. The highest BCUT2D eigenvalue weighted by Gasteiger charge is 2.33. The number of halogens is 1. The highest BCUT2D eigenvalue weighted by atomic mass is 19.1. The van der Waals surface area contributed by atoms with Gasteiger partial charge in [0.15, 0.2) is 5.78 Å². The Bertz CT molecular complexity index is 1370. The first kappa shape index (κ1) is 28.3. The summed E-state index contributed by atoms with van der Waals surface area (Å²) >= 11 is 0. The number of cyclic esters (lactones) is 1. The molecule has 0 spiro atoms. The van der Waals surface area contributed by atoms with Crippen molar-refractivity contribution >= 4 is 29.2 Å². The first-order chi connectivity index (χ1) is 19.9. The van der Waals surface area contributed by atoms with E-state index in [1.807, 2.05) is 42.2 Å². The van der Waals surface area contributed by atoms with Crippen molar-refractivity contribution in [2.24, 2.45) is 0 Å². The molecule has 0 aliphatic carbocycles. The number of ether oxygens (including phenoxy) is 1. The van der Waals surface area contributed by atoms with Crippen molar-refractivity contribution in [3.05, 3.63) is 95.3 Å².